The fourth-order valence-corrected chi connectivity index (χ4v) is 3.02. The lowest BCUT2D eigenvalue weighted by atomic mass is 9.93. The number of pyridine rings is 1. The van der Waals surface area contributed by atoms with Crippen molar-refractivity contribution in [1.29, 1.82) is 0 Å². The van der Waals surface area contributed by atoms with Crippen LogP contribution in [-0.4, -0.2) is 0 Å². The van der Waals surface area contributed by atoms with Crippen molar-refractivity contribution in [3.05, 3.63) is 78.0 Å². The van der Waals surface area contributed by atoms with Gasteiger partial charge in [-0.1, -0.05) is 36.4 Å². The number of nitrogens with zero attached hydrogens (tertiary/aromatic N) is 1. The SMILES string of the molecule is CC[n+]1ccccc1-c1cc(C)c(-c2ccccc2)cc1C. The van der Waals surface area contributed by atoms with E-state index in [9.17, 15) is 0 Å². The van der Waals surface area contributed by atoms with Crippen LogP contribution in [0.2, 0.25) is 0 Å². The van der Waals surface area contributed by atoms with Crippen molar-refractivity contribution in [2.45, 2.75) is 27.3 Å². The van der Waals surface area contributed by atoms with Gasteiger partial charge in [0.15, 0.2) is 6.20 Å². The van der Waals surface area contributed by atoms with Crippen molar-refractivity contribution in [2.75, 3.05) is 0 Å². The molecule has 0 saturated heterocycles. The highest BCUT2D eigenvalue weighted by atomic mass is 14.9. The van der Waals surface area contributed by atoms with Gasteiger partial charge in [-0.2, -0.15) is 4.57 Å². The highest BCUT2D eigenvalue weighted by Gasteiger charge is 2.15. The van der Waals surface area contributed by atoms with Gasteiger partial charge >= 0.3 is 0 Å². The normalized spacial score (nSPS) is 10.7. The summed E-state index contributed by atoms with van der Waals surface area (Å²) in [5.74, 6) is 0. The van der Waals surface area contributed by atoms with Gasteiger partial charge in [0, 0.05) is 17.7 Å². The first-order valence-electron chi connectivity index (χ1n) is 7.86. The topological polar surface area (TPSA) is 3.88 Å². The Balaban J connectivity index is 2.15. The lowest BCUT2D eigenvalue weighted by Crippen LogP contribution is -2.34. The standard InChI is InChI=1S/C21H22N/c1-4-22-13-9-8-12-21(22)20-15-16(2)19(14-17(20)3)18-10-6-5-7-11-18/h5-15H,4H2,1-3H3/q+1. The van der Waals surface area contributed by atoms with Crippen molar-refractivity contribution < 1.29 is 4.57 Å². The van der Waals surface area contributed by atoms with Crippen molar-refractivity contribution in [3.63, 3.8) is 0 Å². The zero-order chi connectivity index (χ0) is 15.5. The average molecular weight is 288 g/mol. The van der Waals surface area contributed by atoms with Gasteiger partial charge in [0.2, 0.25) is 5.69 Å². The number of hydrogen-bond acceptors (Lipinski definition) is 0. The molecule has 0 bridgehead atoms. The maximum absolute atomic E-state index is 2.32. The fraction of sp³-hybridized carbons (Fsp3) is 0.190. The van der Waals surface area contributed by atoms with Crippen LogP contribution in [0.1, 0.15) is 18.1 Å². The Morgan fingerprint density at radius 2 is 1.41 bits per heavy atom. The van der Waals surface area contributed by atoms with E-state index in [1.165, 1.54) is 33.5 Å². The summed E-state index contributed by atoms with van der Waals surface area (Å²) in [4.78, 5) is 0. The van der Waals surface area contributed by atoms with Crippen LogP contribution in [0.4, 0.5) is 0 Å². The molecule has 22 heavy (non-hydrogen) atoms. The van der Waals surface area contributed by atoms with Crippen LogP contribution in [0.5, 0.6) is 0 Å². The fourth-order valence-electron chi connectivity index (χ4n) is 3.02. The van der Waals surface area contributed by atoms with Crippen LogP contribution in [0.15, 0.2) is 66.9 Å². The van der Waals surface area contributed by atoms with E-state index >= 15 is 0 Å². The van der Waals surface area contributed by atoms with Gasteiger partial charge in [0.1, 0.15) is 6.54 Å². The van der Waals surface area contributed by atoms with E-state index in [2.05, 4.69) is 92.2 Å². The van der Waals surface area contributed by atoms with E-state index in [0.717, 1.165) is 6.54 Å². The number of benzene rings is 2. The smallest absolute Gasteiger partial charge is 0.199 e. The highest BCUT2D eigenvalue weighted by Crippen LogP contribution is 2.30. The molecule has 0 atom stereocenters. The van der Waals surface area contributed by atoms with Crippen LogP contribution in [0.25, 0.3) is 22.4 Å². The largest absolute Gasteiger partial charge is 0.212 e. The maximum Gasteiger partial charge on any atom is 0.212 e. The molecular formula is C21H22N+. The minimum Gasteiger partial charge on any atom is -0.199 e. The molecule has 3 rings (SSSR count). The van der Waals surface area contributed by atoms with Crippen molar-refractivity contribution in [3.8, 4) is 22.4 Å². The van der Waals surface area contributed by atoms with Gasteiger partial charge < -0.3 is 0 Å². The molecule has 1 heterocycles. The van der Waals surface area contributed by atoms with Crippen LogP contribution >= 0.6 is 0 Å². The molecule has 0 unspecified atom stereocenters. The molecule has 1 aromatic heterocycles. The third kappa shape index (κ3) is 2.67. The van der Waals surface area contributed by atoms with E-state index in [4.69, 9.17) is 0 Å². The second-order valence-corrected chi connectivity index (χ2v) is 5.72. The predicted octanol–water partition coefficient (Wildman–Crippen LogP) is 4.94. The Bertz CT molecular complexity index is 788. The molecule has 3 aromatic rings. The molecule has 0 radical (unpaired) electrons. The first-order valence-corrected chi connectivity index (χ1v) is 7.86. The van der Waals surface area contributed by atoms with E-state index in [0.29, 0.717) is 0 Å². The maximum atomic E-state index is 2.32. The molecule has 1 nitrogen and oxygen atoms in total. The minimum absolute atomic E-state index is 0.981. The lowest BCUT2D eigenvalue weighted by Gasteiger charge is -2.12. The van der Waals surface area contributed by atoms with Gasteiger partial charge in [0.05, 0.1) is 0 Å². The van der Waals surface area contributed by atoms with E-state index in [1.54, 1.807) is 0 Å². The highest BCUT2D eigenvalue weighted by molar-refractivity contribution is 5.74. The molecule has 0 N–H and O–H groups in total. The zero-order valence-electron chi connectivity index (χ0n) is 13.5. The van der Waals surface area contributed by atoms with E-state index in [-0.39, 0.29) is 0 Å². The van der Waals surface area contributed by atoms with Crippen LogP contribution in [-0.2, 0) is 6.54 Å². The van der Waals surface area contributed by atoms with Crippen LogP contribution in [0.3, 0.4) is 0 Å². The Morgan fingerprint density at radius 1 is 0.773 bits per heavy atom. The van der Waals surface area contributed by atoms with Crippen LogP contribution < -0.4 is 4.57 Å². The lowest BCUT2D eigenvalue weighted by molar-refractivity contribution is -0.682. The molecule has 0 spiro atoms. The first-order chi connectivity index (χ1) is 10.7. The van der Waals surface area contributed by atoms with Gasteiger partial charge in [-0.05, 0) is 55.2 Å². The van der Waals surface area contributed by atoms with Gasteiger partial charge in [-0.3, -0.25) is 0 Å². The zero-order valence-corrected chi connectivity index (χ0v) is 13.5. The number of hydrogen-bond donors (Lipinski definition) is 0. The second-order valence-electron chi connectivity index (χ2n) is 5.72. The predicted molar refractivity (Wildman–Crippen MR) is 92.7 cm³/mol. The number of rotatable bonds is 3. The summed E-state index contributed by atoms with van der Waals surface area (Å²) in [6.45, 7) is 7.57. The third-order valence-electron chi connectivity index (χ3n) is 4.21. The summed E-state index contributed by atoms with van der Waals surface area (Å²) < 4.78 is 2.30. The molecule has 0 aliphatic carbocycles. The summed E-state index contributed by atoms with van der Waals surface area (Å²) in [5.41, 5.74) is 7.84. The molecule has 2 aromatic carbocycles. The molecule has 0 fully saturated rings. The quantitative estimate of drug-likeness (QED) is 0.601. The summed E-state index contributed by atoms with van der Waals surface area (Å²) in [6, 6.07) is 21.6. The van der Waals surface area contributed by atoms with E-state index < -0.39 is 0 Å². The monoisotopic (exact) mass is 288 g/mol. The summed E-state index contributed by atoms with van der Waals surface area (Å²) in [7, 11) is 0. The van der Waals surface area contributed by atoms with Gasteiger partial charge in [-0.25, -0.2) is 0 Å². The Labute approximate surface area is 132 Å². The Hall–Kier alpha value is -2.41. The third-order valence-corrected chi connectivity index (χ3v) is 4.21. The summed E-state index contributed by atoms with van der Waals surface area (Å²) >= 11 is 0. The molecular weight excluding hydrogens is 266 g/mol. The number of aromatic nitrogens is 1. The molecule has 0 amide bonds. The second kappa shape index (κ2) is 6.15. The molecule has 0 saturated carbocycles. The number of aryl methyl sites for hydroxylation is 3. The van der Waals surface area contributed by atoms with Crippen molar-refractivity contribution in [1.82, 2.24) is 0 Å². The minimum atomic E-state index is 0.981. The molecule has 1 heteroatoms. The van der Waals surface area contributed by atoms with Crippen molar-refractivity contribution in [2.24, 2.45) is 0 Å². The van der Waals surface area contributed by atoms with Crippen LogP contribution in [0, 0.1) is 13.8 Å². The summed E-state index contributed by atoms with van der Waals surface area (Å²) in [5, 5.41) is 0. The average Bonchev–Trinajstić information content (AvgIpc) is 2.57. The van der Waals surface area contributed by atoms with Gasteiger partial charge in [-0.15, -0.1) is 0 Å². The van der Waals surface area contributed by atoms with E-state index in [1.807, 2.05) is 0 Å². The summed E-state index contributed by atoms with van der Waals surface area (Å²) in [6.07, 6.45) is 2.15. The Kier molecular flexibility index (Phi) is 4.06. The van der Waals surface area contributed by atoms with Crippen molar-refractivity contribution >= 4 is 0 Å². The Morgan fingerprint density at radius 3 is 2.14 bits per heavy atom. The first kappa shape index (κ1) is 14.5. The molecule has 110 valence electrons. The van der Waals surface area contributed by atoms with Gasteiger partial charge in [0.25, 0.3) is 0 Å². The molecule has 0 aliphatic heterocycles. The molecule has 0 aliphatic rings.